The van der Waals surface area contributed by atoms with E-state index in [1.54, 1.807) is 19.3 Å². The molecule has 0 bridgehead atoms. The number of nitrogens with zero attached hydrogens (tertiary/aromatic N) is 1. The number of thioether (sulfide) groups is 1. The number of carbonyl (C=O) groups is 1. The minimum absolute atomic E-state index is 0.196. The van der Waals surface area contributed by atoms with Crippen LogP contribution < -0.4 is 11.1 Å². The van der Waals surface area contributed by atoms with E-state index in [0.717, 1.165) is 23.8 Å². The van der Waals surface area contributed by atoms with Gasteiger partial charge in [0.15, 0.2) is 0 Å². The number of carbonyl (C=O) groups excluding carboxylic acids is 1. The molecule has 1 aliphatic heterocycles. The lowest BCUT2D eigenvalue weighted by atomic mass is 9.96. The molecule has 1 heterocycles. The van der Waals surface area contributed by atoms with E-state index in [9.17, 15) is 4.79 Å². The number of hydrogen-bond donors (Lipinski definition) is 2. The van der Waals surface area contributed by atoms with Crippen molar-refractivity contribution in [2.45, 2.75) is 48.2 Å². The Kier molecular flexibility index (Phi) is 6.40. The summed E-state index contributed by atoms with van der Waals surface area (Å²) in [7, 11) is 1.78. The molecule has 1 unspecified atom stereocenters. The molecule has 4 rings (SSSR count). The van der Waals surface area contributed by atoms with Crippen molar-refractivity contribution in [3.63, 3.8) is 0 Å². The van der Waals surface area contributed by atoms with Crippen LogP contribution in [0.4, 0.5) is 0 Å². The molecule has 154 valence electrons. The van der Waals surface area contributed by atoms with Gasteiger partial charge in [-0.05, 0) is 73.6 Å². The van der Waals surface area contributed by atoms with Crippen LogP contribution in [-0.4, -0.2) is 37.3 Å². The standard InChI is InChI=1S/C23H29N3O2S/c1-25-10-8-22(24)26-23(27)20(12-15-9-11-28-14-15)17-4-7-21(29-18-5-6-18)19(13-17)16-2-3-16/h4,7-8,10,12-13,15-16,18,25H,2-3,5-6,9,11,14H2,1H3,(H2,24,26,27)/b10-8-,20-12+. The van der Waals surface area contributed by atoms with Gasteiger partial charge in [0.1, 0.15) is 5.84 Å². The molecular formula is C23H29N3O2S. The number of hydrogen-bond acceptors (Lipinski definition) is 4. The molecule has 3 N–H and O–H groups in total. The Bertz CT molecular complexity index is 848. The SMILES string of the molecule is CN/C=C\C(N)=NC(=O)/C(=C/C1CCOC1)c1ccc(SC2CC2)c(C2CC2)c1. The first-order valence-corrected chi connectivity index (χ1v) is 11.3. The van der Waals surface area contributed by atoms with Gasteiger partial charge in [-0.1, -0.05) is 12.1 Å². The molecule has 0 spiro atoms. The van der Waals surface area contributed by atoms with Crippen LogP contribution in [0.2, 0.25) is 0 Å². The molecule has 3 fully saturated rings. The fourth-order valence-corrected chi connectivity index (χ4v) is 4.74. The van der Waals surface area contributed by atoms with Crippen LogP contribution in [0.1, 0.15) is 49.1 Å². The highest BCUT2D eigenvalue weighted by Gasteiger charge is 2.30. The number of benzene rings is 1. The topological polar surface area (TPSA) is 76.7 Å². The minimum atomic E-state index is -0.292. The van der Waals surface area contributed by atoms with Crippen LogP contribution in [0.5, 0.6) is 0 Å². The average Bonchev–Trinajstić information content (AvgIpc) is 3.65. The molecule has 1 atom stereocenters. The highest BCUT2D eigenvalue weighted by molar-refractivity contribution is 8.00. The van der Waals surface area contributed by atoms with Crippen LogP contribution in [0.15, 0.2) is 46.4 Å². The van der Waals surface area contributed by atoms with Crippen molar-refractivity contribution >= 4 is 29.1 Å². The zero-order chi connectivity index (χ0) is 20.2. The first-order valence-electron chi connectivity index (χ1n) is 10.5. The number of rotatable bonds is 8. The van der Waals surface area contributed by atoms with Gasteiger partial charge in [-0.25, -0.2) is 0 Å². The molecule has 1 saturated heterocycles. The largest absolute Gasteiger partial charge is 0.394 e. The fourth-order valence-electron chi connectivity index (χ4n) is 3.50. The summed E-state index contributed by atoms with van der Waals surface area (Å²) in [6.07, 6.45) is 11.3. The fraction of sp³-hybridized carbons (Fsp3) is 0.478. The van der Waals surface area contributed by atoms with Crippen molar-refractivity contribution in [1.82, 2.24) is 5.32 Å². The summed E-state index contributed by atoms with van der Waals surface area (Å²) < 4.78 is 5.51. The van der Waals surface area contributed by atoms with E-state index < -0.39 is 0 Å². The molecule has 1 aromatic carbocycles. The van der Waals surface area contributed by atoms with Crippen molar-refractivity contribution < 1.29 is 9.53 Å². The van der Waals surface area contributed by atoms with Crippen molar-refractivity contribution in [3.8, 4) is 0 Å². The average molecular weight is 412 g/mol. The number of nitrogens with two attached hydrogens (primary N) is 1. The number of nitrogens with one attached hydrogen (secondary N) is 1. The summed E-state index contributed by atoms with van der Waals surface area (Å²) >= 11 is 2.00. The highest BCUT2D eigenvalue weighted by Crippen LogP contribution is 2.48. The van der Waals surface area contributed by atoms with Crippen molar-refractivity contribution in [3.05, 3.63) is 47.7 Å². The van der Waals surface area contributed by atoms with Crippen molar-refractivity contribution in [2.75, 3.05) is 20.3 Å². The van der Waals surface area contributed by atoms with Gasteiger partial charge in [-0.3, -0.25) is 4.79 Å². The van der Waals surface area contributed by atoms with Crippen LogP contribution >= 0.6 is 11.8 Å². The molecule has 1 amide bonds. The van der Waals surface area contributed by atoms with Gasteiger partial charge in [0.05, 0.1) is 6.61 Å². The van der Waals surface area contributed by atoms with E-state index in [1.807, 2.05) is 17.8 Å². The zero-order valence-corrected chi connectivity index (χ0v) is 17.7. The molecular weight excluding hydrogens is 382 g/mol. The second-order valence-electron chi connectivity index (χ2n) is 8.01. The second-order valence-corrected chi connectivity index (χ2v) is 9.35. The lowest BCUT2D eigenvalue weighted by molar-refractivity contribution is -0.112. The zero-order valence-electron chi connectivity index (χ0n) is 16.9. The van der Waals surface area contributed by atoms with Crippen LogP contribution in [0.25, 0.3) is 5.57 Å². The summed E-state index contributed by atoms with van der Waals surface area (Å²) in [5.41, 5.74) is 8.88. The van der Waals surface area contributed by atoms with Gasteiger partial charge in [0.25, 0.3) is 5.91 Å². The molecule has 5 nitrogen and oxygen atoms in total. The van der Waals surface area contributed by atoms with E-state index in [4.69, 9.17) is 10.5 Å². The summed E-state index contributed by atoms with van der Waals surface area (Å²) in [6.45, 7) is 1.39. The molecule has 2 aliphatic carbocycles. The molecule has 3 aliphatic rings. The Balaban J connectivity index is 1.66. The lowest BCUT2D eigenvalue weighted by Gasteiger charge is -2.13. The Labute approximate surface area is 176 Å². The summed E-state index contributed by atoms with van der Waals surface area (Å²) in [4.78, 5) is 18.5. The molecule has 1 aromatic rings. The highest BCUT2D eigenvalue weighted by atomic mass is 32.2. The first kappa shape index (κ1) is 20.2. The van der Waals surface area contributed by atoms with Gasteiger partial charge < -0.3 is 15.8 Å². The maximum Gasteiger partial charge on any atom is 0.279 e. The van der Waals surface area contributed by atoms with E-state index in [0.29, 0.717) is 18.1 Å². The summed E-state index contributed by atoms with van der Waals surface area (Å²) in [5.74, 6) is 0.776. The van der Waals surface area contributed by atoms with Gasteiger partial charge >= 0.3 is 0 Å². The van der Waals surface area contributed by atoms with Crippen LogP contribution in [0.3, 0.4) is 0 Å². The molecule has 0 radical (unpaired) electrons. The van der Waals surface area contributed by atoms with E-state index in [-0.39, 0.29) is 17.7 Å². The maximum absolute atomic E-state index is 13.0. The third-order valence-corrected chi connectivity index (χ3v) is 6.84. The molecule has 0 aromatic heterocycles. The molecule has 29 heavy (non-hydrogen) atoms. The Morgan fingerprint density at radius 1 is 1.28 bits per heavy atom. The first-order chi connectivity index (χ1) is 14.1. The van der Waals surface area contributed by atoms with E-state index in [1.165, 1.54) is 36.1 Å². The van der Waals surface area contributed by atoms with Gasteiger partial charge in [-0.15, -0.1) is 11.8 Å². The third-order valence-electron chi connectivity index (χ3n) is 5.41. The van der Waals surface area contributed by atoms with Gasteiger partial charge in [-0.2, -0.15) is 4.99 Å². The lowest BCUT2D eigenvalue weighted by Crippen LogP contribution is -2.14. The summed E-state index contributed by atoms with van der Waals surface area (Å²) in [5, 5.41) is 3.63. The molecule has 2 saturated carbocycles. The van der Waals surface area contributed by atoms with Crippen molar-refractivity contribution in [1.29, 1.82) is 0 Å². The maximum atomic E-state index is 13.0. The van der Waals surface area contributed by atoms with Gasteiger partial charge in [0, 0.05) is 35.3 Å². The smallest absolute Gasteiger partial charge is 0.279 e. The quantitative estimate of drug-likeness (QED) is 0.386. The normalized spacial score (nSPS) is 23.0. The number of ether oxygens (including phenoxy) is 1. The van der Waals surface area contributed by atoms with Gasteiger partial charge in [0.2, 0.25) is 0 Å². The number of aliphatic imine (C=N–C) groups is 1. The van der Waals surface area contributed by atoms with Crippen LogP contribution in [0, 0.1) is 5.92 Å². The van der Waals surface area contributed by atoms with Crippen LogP contribution in [-0.2, 0) is 9.53 Å². The van der Waals surface area contributed by atoms with E-state index >= 15 is 0 Å². The Hall–Kier alpha value is -2.05. The molecule has 6 heteroatoms. The van der Waals surface area contributed by atoms with E-state index in [2.05, 4.69) is 28.5 Å². The third kappa shape index (κ3) is 5.52. The second kappa shape index (κ2) is 9.18. The monoisotopic (exact) mass is 411 g/mol. The minimum Gasteiger partial charge on any atom is -0.394 e. The number of amidine groups is 1. The summed E-state index contributed by atoms with van der Waals surface area (Å²) in [6, 6.07) is 6.49. The predicted octanol–water partition coefficient (Wildman–Crippen LogP) is 3.86. The Morgan fingerprint density at radius 3 is 2.76 bits per heavy atom. The number of amides is 1. The van der Waals surface area contributed by atoms with Crippen molar-refractivity contribution in [2.24, 2.45) is 16.6 Å². The Morgan fingerprint density at radius 2 is 2.10 bits per heavy atom. The predicted molar refractivity (Wildman–Crippen MR) is 119 cm³/mol.